The van der Waals surface area contributed by atoms with Crippen molar-refractivity contribution in [3.05, 3.63) is 53.8 Å². The number of halogens is 1. The maximum Gasteiger partial charge on any atom is 0.168 e. The standard InChI is InChI=1S/C14H11FO3S/c1-9(16)11-7-6-10(8-13(11)15)12-4-2-3-5-14(12)19(17)18/h2-8,19H,1H3. The maximum atomic E-state index is 13.7. The zero-order valence-electron chi connectivity index (χ0n) is 10.1. The summed E-state index contributed by atoms with van der Waals surface area (Å²) in [4.78, 5) is 11.3. The van der Waals surface area contributed by atoms with Crippen LogP contribution in [0.5, 0.6) is 0 Å². The molecule has 2 aromatic carbocycles. The van der Waals surface area contributed by atoms with Crippen molar-refractivity contribution >= 4 is 16.5 Å². The first-order valence-electron chi connectivity index (χ1n) is 5.55. The predicted octanol–water partition coefficient (Wildman–Crippen LogP) is 2.67. The fourth-order valence-corrected chi connectivity index (χ4v) is 2.45. The first-order chi connectivity index (χ1) is 9.00. The van der Waals surface area contributed by atoms with Gasteiger partial charge in [0.05, 0.1) is 10.5 Å². The van der Waals surface area contributed by atoms with Gasteiger partial charge >= 0.3 is 0 Å². The molecule has 19 heavy (non-hydrogen) atoms. The molecule has 0 aliphatic rings. The van der Waals surface area contributed by atoms with Crippen LogP contribution in [0.2, 0.25) is 0 Å². The Kier molecular flexibility index (Phi) is 3.76. The summed E-state index contributed by atoms with van der Waals surface area (Å²) in [5.74, 6) is -1.02. The molecule has 5 heteroatoms. The van der Waals surface area contributed by atoms with Crippen LogP contribution in [0.25, 0.3) is 11.1 Å². The Bertz CT molecular complexity index is 712. The molecule has 0 amide bonds. The molecule has 0 atom stereocenters. The van der Waals surface area contributed by atoms with E-state index in [1.807, 2.05) is 0 Å². The van der Waals surface area contributed by atoms with E-state index in [9.17, 15) is 17.6 Å². The van der Waals surface area contributed by atoms with Crippen LogP contribution in [0.4, 0.5) is 4.39 Å². The lowest BCUT2D eigenvalue weighted by Gasteiger charge is -2.06. The summed E-state index contributed by atoms with van der Waals surface area (Å²) in [5, 5.41) is 0. The van der Waals surface area contributed by atoms with Crippen LogP contribution < -0.4 is 0 Å². The zero-order chi connectivity index (χ0) is 14.0. The Morgan fingerprint density at radius 2 is 1.79 bits per heavy atom. The van der Waals surface area contributed by atoms with Crippen molar-refractivity contribution < 1.29 is 17.6 Å². The van der Waals surface area contributed by atoms with Crippen molar-refractivity contribution in [2.45, 2.75) is 11.8 Å². The van der Waals surface area contributed by atoms with E-state index in [1.54, 1.807) is 18.2 Å². The van der Waals surface area contributed by atoms with E-state index in [0.29, 0.717) is 11.1 Å². The summed E-state index contributed by atoms with van der Waals surface area (Å²) in [5.41, 5.74) is 0.845. The Morgan fingerprint density at radius 1 is 1.11 bits per heavy atom. The van der Waals surface area contributed by atoms with Crippen molar-refractivity contribution in [3.63, 3.8) is 0 Å². The van der Waals surface area contributed by atoms with E-state index in [0.717, 1.165) is 0 Å². The Morgan fingerprint density at radius 3 is 2.37 bits per heavy atom. The van der Waals surface area contributed by atoms with Crippen LogP contribution in [0.3, 0.4) is 0 Å². The summed E-state index contributed by atoms with van der Waals surface area (Å²) >= 11 is 0. The van der Waals surface area contributed by atoms with Gasteiger partial charge in [0.25, 0.3) is 0 Å². The molecule has 0 spiro atoms. The molecule has 0 aliphatic carbocycles. The maximum absolute atomic E-state index is 13.7. The van der Waals surface area contributed by atoms with Crippen LogP contribution >= 0.6 is 0 Å². The topological polar surface area (TPSA) is 51.2 Å². The normalized spacial score (nSPS) is 10.7. The van der Waals surface area contributed by atoms with Crippen molar-refractivity contribution in [3.8, 4) is 11.1 Å². The lowest BCUT2D eigenvalue weighted by molar-refractivity contribution is 0.101. The van der Waals surface area contributed by atoms with E-state index < -0.39 is 16.5 Å². The van der Waals surface area contributed by atoms with Gasteiger partial charge in [0.15, 0.2) is 16.5 Å². The summed E-state index contributed by atoms with van der Waals surface area (Å²) in [7, 11) is -2.76. The molecular weight excluding hydrogens is 267 g/mol. The molecule has 0 heterocycles. The number of carbonyl (C=O) groups is 1. The van der Waals surface area contributed by atoms with Crippen molar-refractivity contribution in [1.29, 1.82) is 0 Å². The first-order valence-corrected chi connectivity index (χ1v) is 6.72. The highest BCUT2D eigenvalue weighted by Gasteiger charge is 2.11. The smallest absolute Gasteiger partial charge is 0.168 e. The molecule has 0 aliphatic heterocycles. The molecule has 0 aromatic heterocycles. The van der Waals surface area contributed by atoms with Crippen LogP contribution in [-0.4, -0.2) is 14.2 Å². The van der Waals surface area contributed by atoms with Gasteiger partial charge in [0, 0.05) is 5.56 Å². The molecule has 3 nitrogen and oxygen atoms in total. The summed E-state index contributed by atoms with van der Waals surface area (Å²) in [6, 6.07) is 10.4. The van der Waals surface area contributed by atoms with Gasteiger partial charge < -0.3 is 0 Å². The summed E-state index contributed by atoms with van der Waals surface area (Å²) in [6.45, 7) is 1.28. The molecule has 0 N–H and O–H groups in total. The van der Waals surface area contributed by atoms with E-state index in [1.165, 1.54) is 31.2 Å². The number of benzene rings is 2. The van der Waals surface area contributed by atoms with Crippen molar-refractivity contribution in [2.75, 3.05) is 0 Å². The van der Waals surface area contributed by atoms with Crippen molar-refractivity contribution in [2.24, 2.45) is 0 Å². The molecule has 2 rings (SSSR count). The molecule has 0 fully saturated rings. The first kappa shape index (κ1) is 13.4. The van der Waals surface area contributed by atoms with Gasteiger partial charge in [-0.25, -0.2) is 12.8 Å². The second kappa shape index (κ2) is 5.32. The highest BCUT2D eigenvalue weighted by molar-refractivity contribution is 7.72. The number of hydrogen-bond donors (Lipinski definition) is 1. The summed E-state index contributed by atoms with van der Waals surface area (Å²) < 4.78 is 36.0. The van der Waals surface area contributed by atoms with Gasteiger partial charge in [-0.3, -0.25) is 4.79 Å². The second-order valence-electron chi connectivity index (χ2n) is 4.03. The molecule has 0 radical (unpaired) electrons. The zero-order valence-corrected chi connectivity index (χ0v) is 11.0. The average molecular weight is 278 g/mol. The van der Waals surface area contributed by atoms with E-state index in [2.05, 4.69) is 0 Å². The van der Waals surface area contributed by atoms with E-state index in [-0.39, 0.29) is 16.2 Å². The molecule has 2 aromatic rings. The lowest BCUT2D eigenvalue weighted by Crippen LogP contribution is -1.97. The van der Waals surface area contributed by atoms with Crippen LogP contribution in [0.1, 0.15) is 17.3 Å². The van der Waals surface area contributed by atoms with Gasteiger partial charge in [0.2, 0.25) is 0 Å². The third kappa shape index (κ3) is 2.71. The number of rotatable bonds is 3. The number of carbonyl (C=O) groups excluding carboxylic acids is 1. The Labute approximate surface area is 111 Å². The molecule has 98 valence electrons. The van der Waals surface area contributed by atoms with E-state index in [4.69, 9.17) is 0 Å². The van der Waals surface area contributed by atoms with Gasteiger partial charge in [-0.05, 0) is 30.7 Å². The molecule has 0 bridgehead atoms. The third-order valence-corrected chi connectivity index (χ3v) is 3.54. The average Bonchev–Trinajstić information content (AvgIpc) is 2.38. The minimum Gasteiger partial charge on any atom is -0.294 e. The van der Waals surface area contributed by atoms with Gasteiger partial charge in [-0.15, -0.1) is 0 Å². The highest BCUT2D eigenvalue weighted by atomic mass is 32.2. The molecular formula is C14H11FO3S. The lowest BCUT2D eigenvalue weighted by atomic mass is 10.0. The SMILES string of the molecule is CC(=O)c1ccc(-c2ccccc2[SH](=O)=O)cc1F. The largest absolute Gasteiger partial charge is 0.294 e. The monoisotopic (exact) mass is 278 g/mol. The molecule has 0 unspecified atom stereocenters. The van der Waals surface area contributed by atoms with Crippen LogP contribution in [-0.2, 0) is 10.7 Å². The second-order valence-corrected chi connectivity index (χ2v) is 5.02. The number of thiol groups is 1. The Balaban J connectivity index is 2.61. The van der Waals surface area contributed by atoms with Crippen LogP contribution in [0, 0.1) is 5.82 Å². The molecule has 0 saturated heterocycles. The molecule has 0 saturated carbocycles. The quantitative estimate of drug-likeness (QED) is 0.693. The minimum atomic E-state index is -2.76. The van der Waals surface area contributed by atoms with E-state index >= 15 is 0 Å². The Hall–Kier alpha value is -2.01. The summed E-state index contributed by atoms with van der Waals surface area (Å²) in [6.07, 6.45) is 0. The van der Waals surface area contributed by atoms with Crippen molar-refractivity contribution in [1.82, 2.24) is 0 Å². The number of ketones is 1. The van der Waals surface area contributed by atoms with Gasteiger partial charge in [-0.1, -0.05) is 24.3 Å². The predicted molar refractivity (Wildman–Crippen MR) is 70.4 cm³/mol. The van der Waals surface area contributed by atoms with Crippen LogP contribution in [0.15, 0.2) is 47.4 Å². The third-order valence-electron chi connectivity index (χ3n) is 2.76. The fourth-order valence-electron chi connectivity index (χ4n) is 1.85. The number of Topliss-reactive ketones (excluding diaryl/α,β-unsaturated/α-hetero) is 1. The highest BCUT2D eigenvalue weighted by Crippen LogP contribution is 2.26. The minimum absolute atomic E-state index is 0.00672. The van der Waals surface area contributed by atoms with Gasteiger partial charge in [-0.2, -0.15) is 0 Å². The van der Waals surface area contributed by atoms with Gasteiger partial charge in [0.1, 0.15) is 5.82 Å². The fraction of sp³-hybridized carbons (Fsp3) is 0.0714. The number of hydrogen-bond acceptors (Lipinski definition) is 3.